The summed E-state index contributed by atoms with van der Waals surface area (Å²) < 4.78 is 4.82. The number of nitrogens with zero attached hydrogens (tertiary/aromatic N) is 1. The van der Waals surface area contributed by atoms with E-state index >= 15 is 0 Å². The number of guanidine groups is 1. The van der Waals surface area contributed by atoms with E-state index in [9.17, 15) is 4.79 Å². The zero-order valence-electron chi connectivity index (χ0n) is 14.4. The highest BCUT2D eigenvalue weighted by Crippen LogP contribution is 2.29. The van der Waals surface area contributed by atoms with Gasteiger partial charge in [0.15, 0.2) is 0 Å². The fourth-order valence-electron chi connectivity index (χ4n) is 1.83. The lowest BCUT2D eigenvalue weighted by Crippen LogP contribution is -2.48. The Labute approximate surface area is 138 Å². The molecule has 0 aromatic carbocycles. The van der Waals surface area contributed by atoms with E-state index in [0.29, 0.717) is 5.92 Å². The molecule has 0 aromatic rings. The summed E-state index contributed by atoms with van der Waals surface area (Å²) >= 11 is 1.66. The summed E-state index contributed by atoms with van der Waals surface area (Å²) in [4.78, 5) is 12.3. The van der Waals surface area contributed by atoms with Crippen LogP contribution >= 0.6 is 11.8 Å². The van der Waals surface area contributed by atoms with Crippen molar-refractivity contribution in [2.45, 2.75) is 57.7 Å². The van der Waals surface area contributed by atoms with E-state index in [-0.39, 0.29) is 17.4 Å². The number of hydrogen-bond acceptors (Lipinski definition) is 5. The lowest BCUT2D eigenvalue weighted by atomic mass is 10.0. The first-order valence-electron chi connectivity index (χ1n) is 7.73. The molecule has 1 aliphatic rings. The lowest BCUT2D eigenvalue weighted by Gasteiger charge is -2.27. The van der Waals surface area contributed by atoms with Crippen LogP contribution in [0.2, 0.25) is 0 Å². The highest BCUT2D eigenvalue weighted by Gasteiger charge is 2.30. The Kier molecular flexibility index (Phi) is 6.99. The van der Waals surface area contributed by atoms with Crippen LogP contribution < -0.4 is 16.5 Å². The van der Waals surface area contributed by atoms with Crippen molar-refractivity contribution in [3.8, 4) is 0 Å². The first kappa shape index (κ1) is 19.1. The molecule has 1 saturated heterocycles. The number of nitrogens with two attached hydrogens (primary N) is 1. The Balaban J connectivity index is 2.44. The number of hydrogen-bond donors (Lipinski definition) is 3. The third kappa shape index (κ3) is 7.35. The first-order valence-corrected chi connectivity index (χ1v) is 8.72. The molecule has 6 nitrogen and oxygen atoms in total. The van der Waals surface area contributed by atoms with E-state index in [0.717, 1.165) is 31.8 Å². The molecule has 1 aliphatic heterocycles. The third-order valence-corrected chi connectivity index (χ3v) is 4.87. The van der Waals surface area contributed by atoms with E-state index in [4.69, 9.17) is 10.5 Å². The quantitative estimate of drug-likeness (QED) is 0.405. The molecule has 128 valence electrons. The maximum atomic E-state index is 12.3. The summed E-state index contributed by atoms with van der Waals surface area (Å²) in [5.74, 6) is 1.56. The average molecular weight is 330 g/mol. The zero-order chi connectivity index (χ0) is 16.8. The van der Waals surface area contributed by atoms with E-state index in [2.05, 4.69) is 15.8 Å². The molecule has 1 fully saturated rings. The van der Waals surface area contributed by atoms with Crippen molar-refractivity contribution in [2.75, 3.05) is 19.0 Å². The number of amides is 1. The number of rotatable bonds is 5. The summed E-state index contributed by atoms with van der Waals surface area (Å²) in [6, 6.07) is 0. The molecule has 0 unspecified atom stereocenters. The third-order valence-electron chi connectivity index (χ3n) is 3.32. The molecule has 22 heavy (non-hydrogen) atoms. The van der Waals surface area contributed by atoms with Crippen molar-refractivity contribution in [3.05, 3.63) is 0 Å². The van der Waals surface area contributed by atoms with Gasteiger partial charge in [-0.15, -0.1) is 16.9 Å². The second kappa shape index (κ2) is 8.06. The van der Waals surface area contributed by atoms with Crippen LogP contribution in [0.15, 0.2) is 5.10 Å². The van der Waals surface area contributed by atoms with Gasteiger partial charge >= 0.3 is 0 Å². The fourth-order valence-corrected chi connectivity index (χ4v) is 3.00. The maximum Gasteiger partial charge on any atom is 0.242 e. The molecular weight excluding hydrogens is 300 g/mol. The van der Waals surface area contributed by atoms with Crippen LogP contribution in [-0.2, 0) is 9.53 Å². The molecule has 1 heterocycles. The topological polar surface area (TPSA) is 88.7 Å². The number of carbonyl (C=O) groups excluding carboxylic acids is 1. The fraction of sp³-hybridized carbons (Fsp3) is 0.867. The van der Waals surface area contributed by atoms with Gasteiger partial charge in [-0.3, -0.25) is 10.1 Å². The lowest BCUT2D eigenvalue weighted by molar-refractivity contribution is -0.121. The van der Waals surface area contributed by atoms with Crippen LogP contribution in [0.4, 0.5) is 0 Å². The first-order chi connectivity index (χ1) is 10.1. The summed E-state index contributed by atoms with van der Waals surface area (Å²) in [5.41, 5.74) is 8.45. The number of nitrogens with one attached hydrogen (secondary N) is 2. The highest BCUT2D eigenvalue weighted by molar-refractivity contribution is 8.01. The molecule has 1 rings (SSSR count). The maximum absolute atomic E-state index is 12.3. The molecule has 0 bridgehead atoms. The van der Waals surface area contributed by atoms with Crippen LogP contribution in [0, 0.1) is 5.92 Å². The summed E-state index contributed by atoms with van der Waals surface area (Å²) in [5, 5.41) is 6.65. The smallest absolute Gasteiger partial charge is 0.242 e. The van der Waals surface area contributed by atoms with Crippen LogP contribution in [0.5, 0.6) is 0 Å². The SMILES string of the molecule is CC(C)(C)NN=C(N)NC(=O)C(C)(C)SCC1CCOCC1. The molecule has 0 spiro atoms. The molecular formula is C15H30N4O2S. The van der Waals surface area contributed by atoms with Gasteiger partial charge in [0, 0.05) is 18.8 Å². The van der Waals surface area contributed by atoms with Crippen molar-refractivity contribution in [2.24, 2.45) is 16.8 Å². The molecule has 4 N–H and O–H groups in total. The van der Waals surface area contributed by atoms with Gasteiger partial charge in [-0.25, -0.2) is 0 Å². The van der Waals surface area contributed by atoms with Crippen LogP contribution in [0.25, 0.3) is 0 Å². The predicted molar refractivity (Wildman–Crippen MR) is 92.7 cm³/mol. The Morgan fingerprint density at radius 3 is 2.41 bits per heavy atom. The van der Waals surface area contributed by atoms with Gasteiger partial charge in [0.25, 0.3) is 0 Å². The molecule has 0 atom stereocenters. The number of thioether (sulfide) groups is 1. The molecule has 0 aliphatic carbocycles. The normalized spacial score (nSPS) is 18.1. The number of ether oxygens (including phenoxy) is 1. The van der Waals surface area contributed by atoms with Crippen LogP contribution in [0.1, 0.15) is 47.5 Å². The van der Waals surface area contributed by atoms with Crippen molar-refractivity contribution in [1.82, 2.24) is 10.7 Å². The summed E-state index contributed by atoms with van der Waals surface area (Å²) in [6.07, 6.45) is 2.15. The molecule has 7 heteroatoms. The molecule has 1 amide bonds. The average Bonchev–Trinajstić information content (AvgIpc) is 2.43. The monoisotopic (exact) mass is 330 g/mol. The van der Waals surface area contributed by atoms with Gasteiger partial charge in [0.2, 0.25) is 11.9 Å². The Morgan fingerprint density at radius 2 is 1.86 bits per heavy atom. The van der Waals surface area contributed by atoms with Crippen molar-refractivity contribution in [3.63, 3.8) is 0 Å². The highest BCUT2D eigenvalue weighted by atomic mass is 32.2. The van der Waals surface area contributed by atoms with E-state index in [1.165, 1.54) is 0 Å². The molecule has 0 saturated carbocycles. The van der Waals surface area contributed by atoms with Crippen LogP contribution in [0.3, 0.4) is 0 Å². The van der Waals surface area contributed by atoms with Crippen molar-refractivity contribution < 1.29 is 9.53 Å². The summed E-state index contributed by atoms with van der Waals surface area (Å²) in [7, 11) is 0. The Bertz CT molecular complexity index is 399. The Hall–Kier alpha value is -0.950. The van der Waals surface area contributed by atoms with Crippen molar-refractivity contribution >= 4 is 23.6 Å². The largest absolute Gasteiger partial charge is 0.381 e. The van der Waals surface area contributed by atoms with E-state index < -0.39 is 4.75 Å². The minimum Gasteiger partial charge on any atom is -0.381 e. The van der Waals surface area contributed by atoms with Gasteiger partial charge in [-0.2, -0.15) is 0 Å². The van der Waals surface area contributed by atoms with E-state index in [1.54, 1.807) is 11.8 Å². The van der Waals surface area contributed by atoms with Gasteiger partial charge in [0.1, 0.15) is 0 Å². The number of hydrazone groups is 1. The predicted octanol–water partition coefficient (Wildman–Crippen LogP) is 1.66. The van der Waals surface area contributed by atoms with Gasteiger partial charge in [0.05, 0.1) is 4.75 Å². The second-order valence-corrected chi connectivity index (χ2v) is 8.83. The van der Waals surface area contributed by atoms with Gasteiger partial charge in [-0.05, 0) is 59.1 Å². The minimum absolute atomic E-state index is 0.0969. The van der Waals surface area contributed by atoms with E-state index in [1.807, 2.05) is 34.6 Å². The second-order valence-electron chi connectivity index (χ2n) is 7.19. The van der Waals surface area contributed by atoms with Gasteiger partial charge < -0.3 is 15.9 Å². The standard InChI is InChI=1S/C15H30N4O2S/c1-14(2,3)19-18-13(16)17-12(20)15(4,5)22-10-11-6-8-21-9-7-11/h11,19H,6-10H2,1-5H3,(H3,16,17,18,20). The van der Waals surface area contributed by atoms with Crippen LogP contribution in [-0.4, -0.2) is 41.1 Å². The number of carbonyl (C=O) groups is 1. The molecule has 0 aromatic heterocycles. The van der Waals surface area contributed by atoms with Crippen molar-refractivity contribution in [1.29, 1.82) is 0 Å². The minimum atomic E-state index is -0.541. The van der Waals surface area contributed by atoms with Gasteiger partial charge in [-0.1, -0.05) is 0 Å². The molecule has 0 radical (unpaired) electrons. The summed E-state index contributed by atoms with van der Waals surface area (Å²) in [6.45, 7) is 11.4. The Morgan fingerprint density at radius 1 is 1.27 bits per heavy atom. The zero-order valence-corrected chi connectivity index (χ0v) is 15.2.